The maximum atomic E-state index is 2.24. The molecule has 0 heteroatoms. The Morgan fingerprint density at radius 2 is 1.11 bits per heavy atom. The number of rotatable bonds is 2. The maximum absolute atomic E-state index is 2.24. The Morgan fingerprint density at radius 1 is 0.684 bits per heavy atom. The van der Waals surface area contributed by atoms with Crippen LogP contribution in [0.2, 0.25) is 0 Å². The summed E-state index contributed by atoms with van der Waals surface area (Å²) in [5.41, 5.74) is 5.38. The predicted octanol–water partition coefficient (Wildman–Crippen LogP) is 5.46. The molecule has 0 nitrogen and oxygen atoms in total. The molecule has 0 unspecified atom stereocenters. The average molecular weight is 250 g/mol. The number of aryl methyl sites for hydroxylation is 1. The summed E-state index contributed by atoms with van der Waals surface area (Å²) in [6.07, 6.45) is 4.32. The molecule has 0 radical (unpaired) electrons. The van der Waals surface area contributed by atoms with Crippen LogP contribution in [0.3, 0.4) is 0 Å². The Balaban J connectivity index is 2.13. The molecule has 0 atom stereocenters. The van der Waals surface area contributed by atoms with Crippen molar-refractivity contribution in [3.05, 3.63) is 70.8 Å². The summed E-state index contributed by atoms with van der Waals surface area (Å²) >= 11 is 0. The fourth-order valence-corrected chi connectivity index (χ4v) is 1.96. The first-order chi connectivity index (χ1) is 8.95. The van der Waals surface area contributed by atoms with E-state index in [-0.39, 0.29) is 5.41 Å². The molecule has 0 heterocycles. The van der Waals surface area contributed by atoms with Gasteiger partial charge in [0.15, 0.2) is 0 Å². The SMILES string of the molecule is Cc1ccc(C=Cc2ccc(C(C)(C)C)cc2)cc1. The van der Waals surface area contributed by atoms with Crippen LogP contribution in [0, 0.1) is 6.92 Å². The smallest absolute Gasteiger partial charge is 0.0132 e. The van der Waals surface area contributed by atoms with Crippen molar-refractivity contribution in [3.8, 4) is 0 Å². The molecule has 0 spiro atoms. The van der Waals surface area contributed by atoms with Gasteiger partial charge in [0, 0.05) is 0 Å². The Kier molecular flexibility index (Phi) is 3.90. The van der Waals surface area contributed by atoms with Crippen LogP contribution in [0.25, 0.3) is 12.2 Å². The van der Waals surface area contributed by atoms with Gasteiger partial charge in [0.05, 0.1) is 0 Å². The molecule has 2 aromatic carbocycles. The van der Waals surface area contributed by atoms with Crippen LogP contribution in [0.4, 0.5) is 0 Å². The zero-order valence-corrected chi connectivity index (χ0v) is 12.3. The summed E-state index contributed by atoms with van der Waals surface area (Å²) in [6.45, 7) is 8.83. The Hall–Kier alpha value is -1.82. The van der Waals surface area contributed by atoms with Gasteiger partial charge in [-0.3, -0.25) is 0 Å². The van der Waals surface area contributed by atoms with Gasteiger partial charge in [-0.15, -0.1) is 0 Å². The zero-order chi connectivity index (χ0) is 13.9. The molecule has 0 bridgehead atoms. The van der Waals surface area contributed by atoms with Crippen molar-refractivity contribution >= 4 is 12.2 Å². The summed E-state index contributed by atoms with van der Waals surface area (Å²) in [5.74, 6) is 0. The molecule has 2 aromatic rings. The van der Waals surface area contributed by atoms with Crippen LogP contribution >= 0.6 is 0 Å². The van der Waals surface area contributed by atoms with Crippen LogP contribution in [0.5, 0.6) is 0 Å². The molecule has 0 amide bonds. The third kappa shape index (κ3) is 3.82. The van der Waals surface area contributed by atoms with E-state index in [1.807, 2.05) is 0 Å². The van der Waals surface area contributed by atoms with E-state index in [0.29, 0.717) is 0 Å². The third-order valence-corrected chi connectivity index (χ3v) is 3.32. The minimum atomic E-state index is 0.221. The van der Waals surface area contributed by atoms with Crippen molar-refractivity contribution in [3.63, 3.8) is 0 Å². The van der Waals surface area contributed by atoms with E-state index < -0.39 is 0 Å². The topological polar surface area (TPSA) is 0 Å². The number of hydrogen-bond donors (Lipinski definition) is 0. The predicted molar refractivity (Wildman–Crippen MR) is 85.2 cm³/mol. The molecule has 98 valence electrons. The van der Waals surface area contributed by atoms with Crippen LogP contribution < -0.4 is 0 Å². The third-order valence-electron chi connectivity index (χ3n) is 3.32. The summed E-state index contributed by atoms with van der Waals surface area (Å²) in [7, 11) is 0. The van der Waals surface area contributed by atoms with Crippen molar-refractivity contribution in [2.45, 2.75) is 33.1 Å². The fourth-order valence-electron chi connectivity index (χ4n) is 1.96. The van der Waals surface area contributed by atoms with E-state index in [1.165, 1.54) is 22.3 Å². The lowest BCUT2D eigenvalue weighted by atomic mass is 9.87. The Bertz CT molecular complexity index is 548. The lowest BCUT2D eigenvalue weighted by Gasteiger charge is -2.18. The van der Waals surface area contributed by atoms with Gasteiger partial charge < -0.3 is 0 Å². The van der Waals surface area contributed by atoms with E-state index in [1.54, 1.807) is 0 Å². The first-order valence-electron chi connectivity index (χ1n) is 6.80. The van der Waals surface area contributed by atoms with Crippen LogP contribution in [0.15, 0.2) is 48.5 Å². The summed E-state index contributed by atoms with van der Waals surface area (Å²) < 4.78 is 0. The molecular formula is C19H22. The summed E-state index contributed by atoms with van der Waals surface area (Å²) in [4.78, 5) is 0. The van der Waals surface area contributed by atoms with Crippen molar-refractivity contribution in [1.82, 2.24) is 0 Å². The highest BCUT2D eigenvalue weighted by atomic mass is 14.2. The summed E-state index contributed by atoms with van der Waals surface area (Å²) in [6, 6.07) is 17.4. The number of benzene rings is 2. The highest BCUT2D eigenvalue weighted by Gasteiger charge is 2.12. The maximum Gasteiger partial charge on any atom is -0.0132 e. The molecular weight excluding hydrogens is 228 g/mol. The van der Waals surface area contributed by atoms with Crippen molar-refractivity contribution in [1.29, 1.82) is 0 Å². The van der Waals surface area contributed by atoms with Crippen LogP contribution in [-0.4, -0.2) is 0 Å². The minimum Gasteiger partial charge on any atom is -0.0587 e. The molecule has 0 aliphatic heterocycles. The highest BCUT2D eigenvalue weighted by molar-refractivity contribution is 5.69. The second kappa shape index (κ2) is 5.44. The van der Waals surface area contributed by atoms with Gasteiger partial charge in [-0.2, -0.15) is 0 Å². The Morgan fingerprint density at radius 3 is 1.53 bits per heavy atom. The van der Waals surface area contributed by atoms with Crippen LogP contribution in [0.1, 0.15) is 43.0 Å². The molecule has 0 N–H and O–H groups in total. The molecule has 19 heavy (non-hydrogen) atoms. The first kappa shape index (κ1) is 13.6. The molecule has 2 rings (SSSR count). The minimum absolute atomic E-state index is 0.221. The van der Waals surface area contributed by atoms with E-state index in [9.17, 15) is 0 Å². The van der Waals surface area contributed by atoms with E-state index in [4.69, 9.17) is 0 Å². The van der Waals surface area contributed by atoms with Gasteiger partial charge >= 0.3 is 0 Å². The lowest BCUT2D eigenvalue weighted by molar-refractivity contribution is 0.590. The monoisotopic (exact) mass is 250 g/mol. The van der Waals surface area contributed by atoms with E-state index >= 15 is 0 Å². The standard InChI is InChI=1S/C19H22/c1-15-5-7-16(8-6-15)9-10-17-11-13-18(14-12-17)19(2,3)4/h5-14H,1-4H3. The highest BCUT2D eigenvalue weighted by Crippen LogP contribution is 2.22. The second-order valence-corrected chi connectivity index (χ2v) is 6.12. The molecule has 0 aliphatic rings. The quantitative estimate of drug-likeness (QED) is 0.621. The van der Waals surface area contributed by atoms with Gasteiger partial charge in [0.2, 0.25) is 0 Å². The van der Waals surface area contributed by atoms with E-state index in [0.717, 1.165) is 0 Å². The average Bonchev–Trinajstić information content (AvgIpc) is 2.37. The Labute approximate surface area is 116 Å². The molecule has 0 aliphatic carbocycles. The first-order valence-corrected chi connectivity index (χ1v) is 6.80. The van der Waals surface area contributed by atoms with Crippen LogP contribution in [-0.2, 0) is 5.41 Å². The van der Waals surface area contributed by atoms with Crippen molar-refractivity contribution < 1.29 is 0 Å². The van der Waals surface area contributed by atoms with Gasteiger partial charge in [0.25, 0.3) is 0 Å². The molecule has 0 saturated carbocycles. The lowest BCUT2D eigenvalue weighted by Crippen LogP contribution is -2.10. The fraction of sp³-hybridized carbons (Fsp3) is 0.263. The molecule has 0 fully saturated rings. The zero-order valence-electron chi connectivity index (χ0n) is 12.3. The van der Waals surface area contributed by atoms with Gasteiger partial charge in [0.1, 0.15) is 0 Å². The summed E-state index contributed by atoms with van der Waals surface area (Å²) in [5, 5.41) is 0. The van der Waals surface area contributed by atoms with Crippen molar-refractivity contribution in [2.75, 3.05) is 0 Å². The van der Waals surface area contributed by atoms with Gasteiger partial charge in [-0.05, 0) is 29.0 Å². The van der Waals surface area contributed by atoms with E-state index in [2.05, 4.69) is 88.4 Å². The molecule has 0 saturated heterocycles. The normalized spacial score (nSPS) is 12.0. The number of hydrogen-bond acceptors (Lipinski definition) is 0. The molecule has 0 aromatic heterocycles. The van der Waals surface area contributed by atoms with Crippen molar-refractivity contribution in [2.24, 2.45) is 0 Å². The second-order valence-electron chi connectivity index (χ2n) is 6.12. The van der Waals surface area contributed by atoms with Gasteiger partial charge in [-0.1, -0.05) is 87.0 Å². The largest absolute Gasteiger partial charge is 0.0587 e. The van der Waals surface area contributed by atoms with Gasteiger partial charge in [-0.25, -0.2) is 0 Å².